The minimum absolute atomic E-state index is 0.119. The van der Waals surface area contributed by atoms with Gasteiger partial charge in [0, 0.05) is 6.54 Å². The van der Waals surface area contributed by atoms with E-state index in [0.29, 0.717) is 5.69 Å². The van der Waals surface area contributed by atoms with Gasteiger partial charge < -0.3 is 20.3 Å². The van der Waals surface area contributed by atoms with Crippen molar-refractivity contribution in [2.45, 2.75) is 18.9 Å². The van der Waals surface area contributed by atoms with Gasteiger partial charge in [0.05, 0.1) is 16.9 Å². The second kappa shape index (κ2) is 7.50. The number of hydrogen-bond acceptors (Lipinski definition) is 5. The van der Waals surface area contributed by atoms with E-state index in [2.05, 4.69) is 5.32 Å². The van der Waals surface area contributed by atoms with E-state index in [0.717, 1.165) is 37.2 Å². The third-order valence-corrected chi connectivity index (χ3v) is 4.92. The Hall–Kier alpha value is -3.49. The normalized spacial score (nSPS) is 17.2. The highest BCUT2D eigenvalue weighted by atomic mass is 19.1. The van der Waals surface area contributed by atoms with Gasteiger partial charge in [-0.1, -0.05) is 6.07 Å². The molecule has 1 atom stereocenters. The van der Waals surface area contributed by atoms with Crippen molar-refractivity contribution in [1.29, 1.82) is 0 Å². The predicted octanol–water partition coefficient (Wildman–Crippen LogP) is 2.68. The molecule has 0 bridgehead atoms. The van der Waals surface area contributed by atoms with Crippen LogP contribution in [0.2, 0.25) is 0 Å². The standard InChI is InChI=1S/C20H17F2N3O4/c21-12-3-1-4-13(22)18(12)24-17(26)10-29-20(28)11-6-7-15-14(9-11)23-19(27)16-5-2-8-25(15)16/h1,3-4,6-7,9,16H,2,5,8,10H2,(H,23,27)(H,24,26)/t16-/m0/s1. The van der Waals surface area contributed by atoms with Crippen LogP contribution in [-0.2, 0) is 14.3 Å². The number of benzene rings is 2. The number of fused-ring (bicyclic) bond motifs is 3. The number of ether oxygens (including phenoxy) is 1. The van der Waals surface area contributed by atoms with E-state index in [1.54, 1.807) is 12.1 Å². The Morgan fingerprint density at radius 1 is 1.21 bits per heavy atom. The highest BCUT2D eigenvalue weighted by Crippen LogP contribution is 2.37. The minimum atomic E-state index is -0.935. The maximum atomic E-state index is 13.6. The Morgan fingerprint density at radius 3 is 2.72 bits per heavy atom. The van der Waals surface area contributed by atoms with Gasteiger partial charge in [0.1, 0.15) is 23.4 Å². The van der Waals surface area contributed by atoms with E-state index in [1.807, 2.05) is 10.2 Å². The monoisotopic (exact) mass is 401 g/mol. The Kier molecular flexibility index (Phi) is 4.87. The number of esters is 1. The van der Waals surface area contributed by atoms with Gasteiger partial charge in [-0.25, -0.2) is 13.6 Å². The first-order valence-corrected chi connectivity index (χ1v) is 9.06. The molecule has 2 aliphatic rings. The number of hydrogen-bond donors (Lipinski definition) is 2. The molecule has 1 fully saturated rings. The second-order valence-corrected chi connectivity index (χ2v) is 6.79. The van der Waals surface area contributed by atoms with Gasteiger partial charge in [-0.2, -0.15) is 0 Å². The van der Waals surface area contributed by atoms with Crippen molar-refractivity contribution in [3.05, 3.63) is 53.6 Å². The van der Waals surface area contributed by atoms with Crippen molar-refractivity contribution in [2.24, 2.45) is 0 Å². The number of nitrogens with one attached hydrogen (secondary N) is 2. The van der Waals surface area contributed by atoms with Crippen molar-refractivity contribution in [1.82, 2.24) is 0 Å². The van der Waals surface area contributed by atoms with E-state index in [-0.39, 0.29) is 17.5 Å². The Bertz CT molecular complexity index is 991. The zero-order valence-electron chi connectivity index (χ0n) is 15.2. The molecule has 29 heavy (non-hydrogen) atoms. The maximum absolute atomic E-state index is 13.6. The molecular weight excluding hydrogens is 384 g/mol. The van der Waals surface area contributed by atoms with Gasteiger partial charge in [-0.3, -0.25) is 9.59 Å². The van der Waals surface area contributed by atoms with Crippen molar-refractivity contribution in [2.75, 3.05) is 28.7 Å². The molecule has 7 nitrogen and oxygen atoms in total. The topological polar surface area (TPSA) is 87.7 Å². The number of carbonyl (C=O) groups is 3. The van der Waals surface area contributed by atoms with E-state index in [1.165, 1.54) is 12.1 Å². The van der Waals surface area contributed by atoms with Crippen LogP contribution in [0.15, 0.2) is 36.4 Å². The lowest BCUT2D eigenvalue weighted by atomic mass is 10.1. The molecule has 1 saturated heterocycles. The quantitative estimate of drug-likeness (QED) is 0.770. The van der Waals surface area contributed by atoms with Crippen LogP contribution in [0.25, 0.3) is 0 Å². The van der Waals surface area contributed by atoms with Crippen molar-refractivity contribution in [3.8, 4) is 0 Å². The first kappa shape index (κ1) is 18.9. The van der Waals surface area contributed by atoms with Crippen molar-refractivity contribution in [3.63, 3.8) is 0 Å². The SMILES string of the molecule is O=C(COC(=O)c1ccc2c(c1)NC(=O)[C@@H]1CCCN21)Nc1c(F)cccc1F. The van der Waals surface area contributed by atoms with Crippen LogP contribution in [-0.4, -0.2) is 37.0 Å². The molecule has 2 aromatic rings. The summed E-state index contributed by atoms with van der Waals surface area (Å²) < 4.78 is 32.0. The third-order valence-electron chi connectivity index (χ3n) is 4.92. The molecule has 2 aromatic carbocycles. The zero-order chi connectivity index (χ0) is 20.5. The first-order chi connectivity index (χ1) is 13.9. The van der Waals surface area contributed by atoms with E-state index in [9.17, 15) is 23.2 Å². The van der Waals surface area contributed by atoms with Crippen LogP contribution < -0.4 is 15.5 Å². The number of rotatable bonds is 4. The van der Waals surface area contributed by atoms with Crippen LogP contribution in [0.3, 0.4) is 0 Å². The molecule has 2 aliphatic heterocycles. The highest BCUT2D eigenvalue weighted by Gasteiger charge is 2.36. The molecule has 2 heterocycles. The average Bonchev–Trinajstić information content (AvgIpc) is 3.19. The lowest BCUT2D eigenvalue weighted by molar-refractivity contribution is -0.119. The van der Waals surface area contributed by atoms with Gasteiger partial charge in [0.15, 0.2) is 6.61 Å². The summed E-state index contributed by atoms with van der Waals surface area (Å²) in [5, 5.41) is 4.82. The fourth-order valence-corrected chi connectivity index (χ4v) is 3.56. The molecule has 0 saturated carbocycles. The van der Waals surface area contributed by atoms with E-state index < -0.39 is 35.8 Å². The number of para-hydroxylation sites is 1. The molecule has 2 N–H and O–H groups in total. The predicted molar refractivity (Wildman–Crippen MR) is 101 cm³/mol. The molecule has 0 aliphatic carbocycles. The molecule has 150 valence electrons. The first-order valence-electron chi connectivity index (χ1n) is 9.06. The summed E-state index contributed by atoms with van der Waals surface area (Å²) in [6, 6.07) is 7.72. The number of anilines is 3. The summed E-state index contributed by atoms with van der Waals surface area (Å²) in [5.74, 6) is -3.67. The Morgan fingerprint density at radius 2 is 1.97 bits per heavy atom. The van der Waals surface area contributed by atoms with Gasteiger partial charge in [0.2, 0.25) is 5.91 Å². The minimum Gasteiger partial charge on any atom is -0.452 e. The molecule has 0 spiro atoms. The number of amides is 2. The fourth-order valence-electron chi connectivity index (χ4n) is 3.56. The lowest BCUT2D eigenvalue weighted by Gasteiger charge is -2.33. The summed E-state index contributed by atoms with van der Waals surface area (Å²) in [4.78, 5) is 38.3. The molecule has 9 heteroatoms. The molecule has 0 aromatic heterocycles. The van der Waals surface area contributed by atoms with Crippen LogP contribution in [0.4, 0.5) is 25.8 Å². The second-order valence-electron chi connectivity index (χ2n) is 6.79. The van der Waals surface area contributed by atoms with Gasteiger partial charge in [-0.05, 0) is 43.2 Å². The third kappa shape index (κ3) is 3.63. The lowest BCUT2D eigenvalue weighted by Crippen LogP contribution is -2.43. The van der Waals surface area contributed by atoms with Crippen molar-refractivity contribution >= 4 is 34.8 Å². The summed E-state index contributed by atoms with van der Waals surface area (Å²) in [5.41, 5.74) is 0.869. The smallest absolute Gasteiger partial charge is 0.338 e. The van der Waals surface area contributed by atoms with Crippen molar-refractivity contribution < 1.29 is 27.9 Å². The maximum Gasteiger partial charge on any atom is 0.338 e. The van der Waals surface area contributed by atoms with Crippen LogP contribution in [0.5, 0.6) is 0 Å². The number of halogens is 2. The molecule has 2 amide bonds. The largest absolute Gasteiger partial charge is 0.452 e. The van der Waals surface area contributed by atoms with Gasteiger partial charge in [0.25, 0.3) is 5.91 Å². The fraction of sp³-hybridized carbons (Fsp3) is 0.250. The van der Waals surface area contributed by atoms with Crippen LogP contribution >= 0.6 is 0 Å². The van der Waals surface area contributed by atoms with Gasteiger partial charge >= 0.3 is 5.97 Å². The molecule has 0 radical (unpaired) electrons. The summed E-state index contributed by atoms with van der Waals surface area (Å²) >= 11 is 0. The summed E-state index contributed by atoms with van der Waals surface area (Å²) in [6.07, 6.45) is 1.70. The Balaban J connectivity index is 1.41. The molecule has 4 rings (SSSR count). The summed E-state index contributed by atoms with van der Waals surface area (Å²) in [6.45, 7) is 0.0475. The van der Waals surface area contributed by atoms with Crippen LogP contribution in [0, 0.1) is 11.6 Å². The average molecular weight is 401 g/mol. The van der Waals surface area contributed by atoms with Gasteiger partial charge in [-0.15, -0.1) is 0 Å². The van der Waals surface area contributed by atoms with E-state index >= 15 is 0 Å². The van der Waals surface area contributed by atoms with E-state index in [4.69, 9.17) is 4.74 Å². The number of nitrogens with zero attached hydrogens (tertiary/aromatic N) is 1. The molecule has 0 unspecified atom stereocenters. The Labute approximate surface area is 164 Å². The number of carbonyl (C=O) groups excluding carboxylic acids is 3. The summed E-state index contributed by atoms with van der Waals surface area (Å²) in [7, 11) is 0. The molecular formula is C20H17F2N3O4. The highest BCUT2D eigenvalue weighted by molar-refractivity contribution is 6.05. The van der Waals surface area contributed by atoms with Crippen LogP contribution in [0.1, 0.15) is 23.2 Å². The zero-order valence-corrected chi connectivity index (χ0v) is 15.2.